The molecule has 0 amide bonds. The first kappa shape index (κ1) is 22.7. The van der Waals surface area contributed by atoms with Crippen molar-refractivity contribution in [1.29, 1.82) is 0 Å². The Hall–Kier alpha value is -2.93. The van der Waals surface area contributed by atoms with Crippen LogP contribution in [0.4, 0.5) is 13.2 Å². The third-order valence-electron chi connectivity index (χ3n) is 4.71. The van der Waals surface area contributed by atoms with Crippen LogP contribution in [0.25, 0.3) is 11.1 Å². The van der Waals surface area contributed by atoms with Crippen molar-refractivity contribution >= 4 is 17.7 Å². The first-order chi connectivity index (χ1) is 14.6. The third-order valence-corrected chi connectivity index (χ3v) is 5.86. The number of benzene rings is 3. The molecule has 3 rings (SSSR count). The topological polar surface area (TPSA) is 46.5 Å². The maximum atomic E-state index is 12.8. The summed E-state index contributed by atoms with van der Waals surface area (Å²) in [6, 6.07) is 18.5. The minimum atomic E-state index is -4.35. The van der Waals surface area contributed by atoms with E-state index in [1.807, 2.05) is 43.3 Å². The zero-order valence-electron chi connectivity index (χ0n) is 16.9. The zero-order valence-corrected chi connectivity index (χ0v) is 17.8. The molecule has 0 aliphatic heterocycles. The average molecular weight is 446 g/mol. The van der Waals surface area contributed by atoms with Gasteiger partial charge >= 0.3 is 12.1 Å². The number of ether oxygens (including phenoxy) is 1. The van der Waals surface area contributed by atoms with E-state index in [1.165, 1.54) is 12.1 Å². The van der Waals surface area contributed by atoms with Crippen LogP contribution in [0.2, 0.25) is 0 Å². The summed E-state index contributed by atoms with van der Waals surface area (Å²) in [4.78, 5) is 11.7. The Kier molecular flexibility index (Phi) is 6.95. The molecule has 1 N–H and O–H groups in total. The molecule has 0 fully saturated rings. The number of carboxylic acids is 1. The van der Waals surface area contributed by atoms with E-state index in [-0.39, 0.29) is 11.9 Å². The summed E-state index contributed by atoms with van der Waals surface area (Å²) in [5.41, 5.74) is 2.81. The van der Waals surface area contributed by atoms with Crippen molar-refractivity contribution in [3.05, 3.63) is 83.4 Å². The van der Waals surface area contributed by atoms with Gasteiger partial charge in [-0.15, -0.1) is 11.8 Å². The van der Waals surface area contributed by atoms with Gasteiger partial charge in [0.1, 0.15) is 5.75 Å². The summed E-state index contributed by atoms with van der Waals surface area (Å²) in [6.45, 7) is 3.53. The number of carboxylic acid groups (broad SMARTS) is 1. The van der Waals surface area contributed by atoms with Gasteiger partial charge in [-0.3, -0.25) is 0 Å². The lowest BCUT2D eigenvalue weighted by atomic mass is 10.0. The Labute approximate surface area is 182 Å². The molecule has 0 aliphatic rings. The molecule has 3 nitrogen and oxygen atoms in total. The number of hydrogen-bond donors (Lipinski definition) is 1. The van der Waals surface area contributed by atoms with Crippen molar-refractivity contribution in [3.63, 3.8) is 0 Å². The van der Waals surface area contributed by atoms with Crippen LogP contribution in [0, 0.1) is 6.92 Å². The lowest BCUT2D eigenvalue weighted by Crippen LogP contribution is -2.10. The van der Waals surface area contributed by atoms with Gasteiger partial charge in [-0.1, -0.05) is 36.4 Å². The molecule has 3 aromatic carbocycles. The van der Waals surface area contributed by atoms with Gasteiger partial charge in [0.05, 0.1) is 5.56 Å². The molecule has 0 saturated carbocycles. The lowest BCUT2D eigenvalue weighted by molar-refractivity contribution is -0.139. The Morgan fingerprint density at radius 3 is 2.35 bits per heavy atom. The smallest absolute Gasteiger partial charge is 0.416 e. The fourth-order valence-electron chi connectivity index (χ4n) is 3.09. The second-order valence-electron chi connectivity index (χ2n) is 7.07. The molecular weight excluding hydrogens is 425 g/mol. The molecule has 0 spiro atoms. The van der Waals surface area contributed by atoms with Crippen LogP contribution in [0.5, 0.6) is 5.75 Å². The number of hydrogen-bond acceptors (Lipinski definition) is 3. The van der Waals surface area contributed by atoms with E-state index < -0.39 is 17.7 Å². The second-order valence-corrected chi connectivity index (χ2v) is 8.48. The molecule has 0 aliphatic carbocycles. The highest BCUT2D eigenvalue weighted by Crippen LogP contribution is 2.38. The average Bonchev–Trinajstić information content (AvgIpc) is 2.72. The minimum absolute atomic E-state index is 0.0968. The maximum Gasteiger partial charge on any atom is 0.416 e. The highest BCUT2D eigenvalue weighted by Gasteiger charge is 2.30. The molecule has 0 bridgehead atoms. The van der Waals surface area contributed by atoms with Crippen LogP contribution >= 0.6 is 11.8 Å². The van der Waals surface area contributed by atoms with E-state index in [4.69, 9.17) is 9.84 Å². The normalized spacial score (nSPS) is 12.4. The molecule has 162 valence electrons. The first-order valence-corrected chi connectivity index (χ1v) is 10.4. The molecule has 1 atom stereocenters. The summed E-state index contributed by atoms with van der Waals surface area (Å²) in [5, 5.41) is 8.84. The molecule has 0 heterocycles. The summed E-state index contributed by atoms with van der Waals surface area (Å²) in [7, 11) is 0. The fourth-order valence-corrected chi connectivity index (χ4v) is 4.17. The Balaban J connectivity index is 1.74. The van der Waals surface area contributed by atoms with E-state index in [0.29, 0.717) is 5.75 Å². The van der Waals surface area contributed by atoms with Crippen LogP contribution in [0.1, 0.15) is 28.9 Å². The number of rotatable bonds is 7. The molecule has 0 aromatic heterocycles. The highest BCUT2D eigenvalue weighted by molar-refractivity contribution is 7.99. The number of thioether (sulfide) groups is 1. The van der Waals surface area contributed by atoms with Crippen LogP contribution in [0.3, 0.4) is 0 Å². The van der Waals surface area contributed by atoms with Gasteiger partial charge in [-0.25, -0.2) is 4.79 Å². The van der Waals surface area contributed by atoms with Crippen LogP contribution < -0.4 is 4.74 Å². The quantitative estimate of drug-likeness (QED) is 0.397. The fraction of sp³-hybridized carbons (Fsp3) is 0.208. The van der Waals surface area contributed by atoms with E-state index in [9.17, 15) is 18.0 Å². The molecule has 7 heteroatoms. The molecule has 0 saturated heterocycles. The van der Waals surface area contributed by atoms with Gasteiger partial charge in [0, 0.05) is 10.1 Å². The molecule has 31 heavy (non-hydrogen) atoms. The van der Waals surface area contributed by atoms with Gasteiger partial charge in [0.25, 0.3) is 0 Å². The van der Waals surface area contributed by atoms with E-state index in [2.05, 4.69) is 6.92 Å². The molecular formula is C24H21F3O3S. The third kappa shape index (κ3) is 6.04. The van der Waals surface area contributed by atoms with Gasteiger partial charge in [0.2, 0.25) is 0 Å². The van der Waals surface area contributed by atoms with Crippen molar-refractivity contribution in [2.24, 2.45) is 0 Å². The van der Waals surface area contributed by atoms with Crippen molar-refractivity contribution < 1.29 is 27.8 Å². The Morgan fingerprint density at radius 1 is 1.03 bits per heavy atom. The van der Waals surface area contributed by atoms with Crippen molar-refractivity contribution in [2.45, 2.75) is 30.2 Å². The first-order valence-electron chi connectivity index (χ1n) is 9.53. The van der Waals surface area contributed by atoms with Crippen LogP contribution in [-0.4, -0.2) is 17.7 Å². The number of aryl methyl sites for hydroxylation is 1. The van der Waals surface area contributed by atoms with Crippen molar-refractivity contribution in [3.8, 4) is 16.9 Å². The SMILES string of the molecule is Cc1cc(SC(C)c2cccc(-c3ccc(C(F)(F)F)cc3)c2)ccc1OCC(=O)O. The number of carbonyl (C=O) groups is 1. The second kappa shape index (κ2) is 9.47. The lowest BCUT2D eigenvalue weighted by Gasteiger charge is -2.15. The molecule has 3 aromatic rings. The molecule has 1 unspecified atom stereocenters. The van der Waals surface area contributed by atoms with Gasteiger partial charge in [-0.2, -0.15) is 13.2 Å². The number of aliphatic carboxylic acids is 1. The van der Waals surface area contributed by atoms with Gasteiger partial charge in [0.15, 0.2) is 6.61 Å². The standard InChI is InChI=1S/C24H21F3O3S/c1-15-12-21(10-11-22(15)30-14-23(28)29)31-16(2)18-4-3-5-19(13-18)17-6-8-20(9-7-17)24(25,26)27/h3-13,16H,14H2,1-2H3,(H,28,29). The summed E-state index contributed by atoms with van der Waals surface area (Å²) < 4.78 is 43.6. The summed E-state index contributed by atoms with van der Waals surface area (Å²) >= 11 is 1.63. The largest absolute Gasteiger partial charge is 0.482 e. The summed E-state index contributed by atoms with van der Waals surface area (Å²) in [6.07, 6.45) is -4.35. The highest BCUT2D eigenvalue weighted by atomic mass is 32.2. The monoisotopic (exact) mass is 446 g/mol. The van der Waals surface area contributed by atoms with E-state index in [1.54, 1.807) is 17.8 Å². The minimum Gasteiger partial charge on any atom is -0.482 e. The number of alkyl halides is 3. The van der Waals surface area contributed by atoms with Crippen molar-refractivity contribution in [2.75, 3.05) is 6.61 Å². The predicted molar refractivity (Wildman–Crippen MR) is 115 cm³/mol. The zero-order chi connectivity index (χ0) is 22.6. The van der Waals surface area contributed by atoms with Crippen LogP contribution in [0.15, 0.2) is 71.6 Å². The van der Waals surface area contributed by atoms with Crippen molar-refractivity contribution in [1.82, 2.24) is 0 Å². The number of halogens is 3. The van der Waals surface area contributed by atoms with Crippen LogP contribution in [-0.2, 0) is 11.0 Å². The van der Waals surface area contributed by atoms with Gasteiger partial charge in [-0.05, 0) is 66.4 Å². The van der Waals surface area contributed by atoms with Gasteiger partial charge < -0.3 is 9.84 Å². The maximum absolute atomic E-state index is 12.8. The Bertz CT molecular complexity index is 1060. The van der Waals surface area contributed by atoms with E-state index >= 15 is 0 Å². The molecule has 0 radical (unpaired) electrons. The van der Waals surface area contributed by atoms with E-state index in [0.717, 1.165) is 39.3 Å². The summed E-state index contributed by atoms with van der Waals surface area (Å²) in [5.74, 6) is -0.497. The Morgan fingerprint density at radius 2 is 1.74 bits per heavy atom. The predicted octanol–water partition coefficient (Wildman–Crippen LogP) is 7.00.